The molecule has 0 N–H and O–H groups in total. The Balaban J connectivity index is 2.44. The van der Waals surface area contributed by atoms with Gasteiger partial charge in [-0.2, -0.15) is 11.8 Å². The minimum absolute atomic E-state index is 0.564. The fourth-order valence-corrected chi connectivity index (χ4v) is 2.93. The molecule has 0 aliphatic heterocycles. The number of thioether (sulfide) groups is 1. The molecule has 1 unspecified atom stereocenters. The summed E-state index contributed by atoms with van der Waals surface area (Å²) in [4.78, 5) is 4.61. The number of hydrogen-bond acceptors (Lipinski definition) is 3. The normalized spacial score (nSPS) is 13.5. The molecule has 1 heterocycles. The standard InChI is InChI=1S/C11H19NS2/c1-5-9(4)13-7-11-12-10(6-14-11)8(2)3/h6,8-9H,5,7H2,1-4H3. The van der Waals surface area contributed by atoms with Crippen molar-refractivity contribution in [2.24, 2.45) is 0 Å². The zero-order valence-electron chi connectivity index (χ0n) is 9.41. The maximum atomic E-state index is 4.61. The zero-order chi connectivity index (χ0) is 10.6. The minimum atomic E-state index is 0.564. The summed E-state index contributed by atoms with van der Waals surface area (Å²) in [6.07, 6.45) is 1.24. The molecule has 14 heavy (non-hydrogen) atoms. The number of rotatable bonds is 5. The van der Waals surface area contributed by atoms with E-state index in [0.29, 0.717) is 5.92 Å². The van der Waals surface area contributed by atoms with E-state index < -0.39 is 0 Å². The molecule has 0 radical (unpaired) electrons. The van der Waals surface area contributed by atoms with Crippen LogP contribution in [0.2, 0.25) is 0 Å². The summed E-state index contributed by atoms with van der Waals surface area (Å²) in [6.45, 7) is 8.90. The molecular formula is C11H19NS2. The highest BCUT2D eigenvalue weighted by atomic mass is 32.2. The highest BCUT2D eigenvalue weighted by molar-refractivity contribution is 7.99. The second-order valence-corrected chi connectivity index (χ2v) is 6.22. The van der Waals surface area contributed by atoms with Gasteiger partial charge in [-0.3, -0.25) is 0 Å². The van der Waals surface area contributed by atoms with Crippen molar-refractivity contribution in [1.82, 2.24) is 4.98 Å². The maximum Gasteiger partial charge on any atom is 0.103 e. The summed E-state index contributed by atoms with van der Waals surface area (Å²) in [7, 11) is 0. The van der Waals surface area contributed by atoms with Gasteiger partial charge in [0.1, 0.15) is 5.01 Å². The van der Waals surface area contributed by atoms with Crippen LogP contribution in [0.25, 0.3) is 0 Å². The van der Waals surface area contributed by atoms with Gasteiger partial charge in [0.25, 0.3) is 0 Å². The Hall–Kier alpha value is -0.0200. The molecule has 1 nitrogen and oxygen atoms in total. The second kappa shape index (κ2) is 5.76. The summed E-state index contributed by atoms with van der Waals surface area (Å²) in [5, 5.41) is 4.22. The first kappa shape index (κ1) is 12.1. The van der Waals surface area contributed by atoms with Gasteiger partial charge in [0.2, 0.25) is 0 Å². The monoisotopic (exact) mass is 229 g/mol. The molecule has 0 aromatic carbocycles. The summed E-state index contributed by atoms with van der Waals surface area (Å²) < 4.78 is 0. The van der Waals surface area contributed by atoms with Crippen molar-refractivity contribution < 1.29 is 0 Å². The molecule has 1 aromatic heterocycles. The fraction of sp³-hybridized carbons (Fsp3) is 0.727. The van der Waals surface area contributed by atoms with Crippen LogP contribution in [0.3, 0.4) is 0 Å². The molecule has 0 amide bonds. The summed E-state index contributed by atoms with van der Waals surface area (Å²) in [6, 6.07) is 0. The topological polar surface area (TPSA) is 12.9 Å². The molecule has 0 aliphatic rings. The van der Waals surface area contributed by atoms with Crippen LogP contribution in [0.4, 0.5) is 0 Å². The highest BCUT2D eigenvalue weighted by Gasteiger charge is 2.06. The molecular weight excluding hydrogens is 210 g/mol. The van der Waals surface area contributed by atoms with E-state index in [1.54, 1.807) is 11.3 Å². The van der Waals surface area contributed by atoms with E-state index in [0.717, 1.165) is 11.0 Å². The van der Waals surface area contributed by atoms with Crippen LogP contribution in [0, 0.1) is 0 Å². The predicted molar refractivity (Wildman–Crippen MR) is 67.3 cm³/mol. The Bertz CT molecular complexity index is 268. The zero-order valence-corrected chi connectivity index (χ0v) is 11.0. The van der Waals surface area contributed by atoms with Gasteiger partial charge in [-0.15, -0.1) is 11.3 Å². The van der Waals surface area contributed by atoms with Crippen molar-refractivity contribution in [3.05, 3.63) is 16.1 Å². The number of hydrogen-bond donors (Lipinski definition) is 0. The van der Waals surface area contributed by atoms with E-state index in [1.165, 1.54) is 17.1 Å². The van der Waals surface area contributed by atoms with Crippen LogP contribution < -0.4 is 0 Å². The van der Waals surface area contributed by atoms with Crippen LogP contribution in [0.15, 0.2) is 5.38 Å². The van der Waals surface area contributed by atoms with Crippen molar-refractivity contribution in [2.45, 2.75) is 51.0 Å². The van der Waals surface area contributed by atoms with E-state index in [2.05, 4.69) is 38.1 Å². The van der Waals surface area contributed by atoms with Crippen molar-refractivity contribution in [2.75, 3.05) is 0 Å². The average Bonchev–Trinajstić information content (AvgIpc) is 2.62. The van der Waals surface area contributed by atoms with Crippen LogP contribution in [0.1, 0.15) is 50.7 Å². The van der Waals surface area contributed by atoms with Crippen LogP contribution >= 0.6 is 23.1 Å². The lowest BCUT2D eigenvalue weighted by Gasteiger charge is -2.05. The van der Waals surface area contributed by atoms with Crippen molar-refractivity contribution in [3.8, 4) is 0 Å². The van der Waals surface area contributed by atoms with Crippen molar-refractivity contribution in [1.29, 1.82) is 0 Å². The first-order valence-electron chi connectivity index (χ1n) is 5.19. The van der Waals surface area contributed by atoms with Gasteiger partial charge < -0.3 is 0 Å². The fourth-order valence-electron chi connectivity index (χ4n) is 0.988. The lowest BCUT2D eigenvalue weighted by Crippen LogP contribution is -1.94. The van der Waals surface area contributed by atoms with E-state index >= 15 is 0 Å². The smallest absolute Gasteiger partial charge is 0.103 e. The molecule has 0 fully saturated rings. The van der Waals surface area contributed by atoms with Crippen LogP contribution in [0.5, 0.6) is 0 Å². The molecule has 0 saturated heterocycles. The summed E-state index contributed by atoms with van der Waals surface area (Å²) in [5.41, 5.74) is 1.25. The third kappa shape index (κ3) is 3.62. The first-order valence-corrected chi connectivity index (χ1v) is 7.12. The molecule has 1 rings (SSSR count). The Morgan fingerprint density at radius 1 is 1.43 bits per heavy atom. The van der Waals surface area contributed by atoms with Crippen LogP contribution in [-0.2, 0) is 5.75 Å². The molecule has 0 bridgehead atoms. The van der Waals surface area contributed by atoms with Gasteiger partial charge in [0.15, 0.2) is 0 Å². The summed E-state index contributed by atoms with van der Waals surface area (Å²) >= 11 is 3.80. The largest absolute Gasteiger partial charge is 0.245 e. The Kier molecular flexibility index (Phi) is 4.96. The molecule has 3 heteroatoms. The van der Waals surface area contributed by atoms with Crippen LogP contribution in [-0.4, -0.2) is 10.2 Å². The number of aromatic nitrogens is 1. The molecule has 1 atom stereocenters. The van der Waals surface area contributed by atoms with E-state index in [9.17, 15) is 0 Å². The van der Waals surface area contributed by atoms with Gasteiger partial charge in [0.05, 0.1) is 5.69 Å². The molecule has 80 valence electrons. The first-order chi connectivity index (χ1) is 6.63. The Morgan fingerprint density at radius 2 is 2.14 bits per heavy atom. The molecule has 1 aromatic rings. The van der Waals surface area contributed by atoms with Gasteiger partial charge in [-0.05, 0) is 12.3 Å². The maximum absolute atomic E-state index is 4.61. The molecule has 0 saturated carbocycles. The van der Waals surface area contributed by atoms with Crippen molar-refractivity contribution >= 4 is 23.1 Å². The minimum Gasteiger partial charge on any atom is -0.245 e. The van der Waals surface area contributed by atoms with Gasteiger partial charge in [0, 0.05) is 16.4 Å². The third-order valence-electron chi connectivity index (χ3n) is 2.23. The SMILES string of the molecule is CCC(C)SCc1nc(C(C)C)cs1. The molecule has 0 aliphatic carbocycles. The second-order valence-electron chi connectivity index (χ2n) is 3.85. The predicted octanol–water partition coefficient (Wildman–Crippen LogP) is 4.30. The summed E-state index contributed by atoms with van der Waals surface area (Å²) in [5.74, 6) is 1.64. The van der Waals surface area contributed by atoms with E-state index in [-0.39, 0.29) is 0 Å². The molecule has 0 spiro atoms. The highest BCUT2D eigenvalue weighted by Crippen LogP contribution is 2.24. The number of nitrogens with zero attached hydrogens (tertiary/aromatic N) is 1. The van der Waals surface area contributed by atoms with Gasteiger partial charge >= 0.3 is 0 Å². The third-order valence-corrected chi connectivity index (χ3v) is 4.62. The van der Waals surface area contributed by atoms with E-state index in [1.807, 2.05) is 11.8 Å². The van der Waals surface area contributed by atoms with Gasteiger partial charge in [-0.1, -0.05) is 27.7 Å². The number of thiazole rings is 1. The van der Waals surface area contributed by atoms with E-state index in [4.69, 9.17) is 0 Å². The lowest BCUT2D eigenvalue weighted by atomic mass is 10.2. The quantitative estimate of drug-likeness (QED) is 0.746. The Labute approximate surface area is 95.3 Å². The van der Waals surface area contributed by atoms with Gasteiger partial charge in [-0.25, -0.2) is 4.98 Å². The Morgan fingerprint density at radius 3 is 2.64 bits per heavy atom. The lowest BCUT2D eigenvalue weighted by molar-refractivity contribution is 0.827. The van der Waals surface area contributed by atoms with Crippen molar-refractivity contribution in [3.63, 3.8) is 0 Å². The average molecular weight is 229 g/mol.